The molecular formula is C13H16F2N2O2. The van der Waals surface area contributed by atoms with Gasteiger partial charge < -0.3 is 15.7 Å². The quantitative estimate of drug-likeness (QED) is 0.798. The van der Waals surface area contributed by atoms with E-state index in [2.05, 4.69) is 0 Å². The largest absolute Gasteiger partial charge is 0.396 e. The number of hydrogen-bond donors (Lipinski definition) is 2. The molecule has 0 radical (unpaired) electrons. The maximum absolute atomic E-state index is 13.8. The van der Waals surface area contributed by atoms with Crippen LogP contribution in [0.25, 0.3) is 0 Å². The Morgan fingerprint density at radius 3 is 2.89 bits per heavy atom. The van der Waals surface area contributed by atoms with Gasteiger partial charge in [-0.3, -0.25) is 4.79 Å². The van der Waals surface area contributed by atoms with Gasteiger partial charge in [-0.2, -0.15) is 0 Å². The first kappa shape index (κ1) is 13.7. The average molecular weight is 270 g/mol. The van der Waals surface area contributed by atoms with Crippen molar-refractivity contribution in [2.24, 2.45) is 5.92 Å². The monoisotopic (exact) mass is 270 g/mol. The smallest absolute Gasteiger partial charge is 0.257 e. The van der Waals surface area contributed by atoms with Crippen molar-refractivity contribution >= 4 is 11.6 Å². The molecule has 3 N–H and O–H groups in total. The number of nitrogens with zero attached hydrogens (tertiary/aromatic N) is 1. The van der Waals surface area contributed by atoms with Crippen LogP contribution in [0.5, 0.6) is 0 Å². The summed E-state index contributed by atoms with van der Waals surface area (Å²) in [6.45, 7) is 0.813. The number of amides is 1. The van der Waals surface area contributed by atoms with Crippen LogP contribution in [0.1, 0.15) is 23.2 Å². The molecule has 19 heavy (non-hydrogen) atoms. The number of nitrogen functional groups attached to an aromatic ring is 1. The minimum Gasteiger partial charge on any atom is -0.396 e. The molecule has 0 aromatic heterocycles. The lowest BCUT2D eigenvalue weighted by Gasteiger charge is -2.32. The molecule has 1 amide bonds. The zero-order valence-electron chi connectivity index (χ0n) is 10.4. The Morgan fingerprint density at radius 2 is 2.21 bits per heavy atom. The Morgan fingerprint density at radius 1 is 1.47 bits per heavy atom. The SMILES string of the molecule is Nc1cc(F)cc(C(=O)N2CCCC(CO)C2)c1F. The van der Waals surface area contributed by atoms with Gasteiger partial charge in [0.1, 0.15) is 5.82 Å². The van der Waals surface area contributed by atoms with Crippen LogP contribution in [0.3, 0.4) is 0 Å². The zero-order chi connectivity index (χ0) is 14.0. The van der Waals surface area contributed by atoms with Gasteiger partial charge in [0.2, 0.25) is 0 Å². The highest BCUT2D eigenvalue weighted by molar-refractivity contribution is 5.95. The molecule has 1 heterocycles. The van der Waals surface area contributed by atoms with Crippen LogP contribution >= 0.6 is 0 Å². The van der Waals surface area contributed by atoms with E-state index in [9.17, 15) is 13.6 Å². The summed E-state index contributed by atoms with van der Waals surface area (Å²) >= 11 is 0. The van der Waals surface area contributed by atoms with Gasteiger partial charge >= 0.3 is 0 Å². The summed E-state index contributed by atoms with van der Waals surface area (Å²) in [5, 5.41) is 9.11. The van der Waals surface area contributed by atoms with E-state index >= 15 is 0 Å². The number of nitrogens with two attached hydrogens (primary N) is 1. The highest BCUT2D eigenvalue weighted by atomic mass is 19.1. The molecule has 0 saturated carbocycles. The summed E-state index contributed by atoms with van der Waals surface area (Å²) in [4.78, 5) is 13.6. The second kappa shape index (κ2) is 5.52. The normalized spacial score (nSPS) is 19.5. The molecule has 104 valence electrons. The molecule has 1 aliphatic rings. The number of rotatable bonds is 2. The van der Waals surface area contributed by atoms with Gasteiger partial charge in [-0.05, 0) is 30.9 Å². The molecule has 1 saturated heterocycles. The molecule has 1 atom stereocenters. The Hall–Kier alpha value is -1.69. The number of hydrogen-bond acceptors (Lipinski definition) is 3. The van der Waals surface area contributed by atoms with Crippen LogP contribution in [-0.2, 0) is 0 Å². The third kappa shape index (κ3) is 2.84. The van der Waals surface area contributed by atoms with Crippen LogP contribution in [0.2, 0.25) is 0 Å². The predicted octanol–water partition coefficient (Wildman–Crippen LogP) is 1.39. The lowest BCUT2D eigenvalue weighted by molar-refractivity contribution is 0.0616. The summed E-state index contributed by atoms with van der Waals surface area (Å²) in [5.41, 5.74) is 4.59. The standard InChI is InChI=1S/C13H16F2N2O2/c14-9-4-10(12(15)11(16)5-9)13(19)17-3-1-2-8(6-17)7-18/h4-5,8,18H,1-3,6-7,16H2. The molecule has 1 unspecified atom stereocenters. The summed E-state index contributed by atoms with van der Waals surface area (Å²) in [6, 6.07) is 1.70. The van der Waals surface area contributed by atoms with E-state index in [0.717, 1.165) is 25.0 Å². The van der Waals surface area contributed by atoms with Gasteiger partial charge in [-0.1, -0.05) is 0 Å². The number of aliphatic hydroxyl groups is 1. The topological polar surface area (TPSA) is 66.6 Å². The van der Waals surface area contributed by atoms with Gasteiger partial charge in [0.15, 0.2) is 5.82 Å². The molecule has 1 aromatic carbocycles. The number of halogens is 2. The van der Waals surface area contributed by atoms with Gasteiger partial charge in [0.05, 0.1) is 11.3 Å². The van der Waals surface area contributed by atoms with E-state index in [1.54, 1.807) is 0 Å². The second-order valence-electron chi connectivity index (χ2n) is 4.80. The summed E-state index contributed by atoms with van der Waals surface area (Å²) < 4.78 is 27.0. The molecule has 1 fully saturated rings. The highest BCUT2D eigenvalue weighted by Gasteiger charge is 2.26. The summed E-state index contributed by atoms with van der Waals surface area (Å²) in [7, 11) is 0. The van der Waals surface area contributed by atoms with Gasteiger partial charge in [-0.15, -0.1) is 0 Å². The fourth-order valence-electron chi connectivity index (χ4n) is 2.33. The lowest BCUT2D eigenvalue weighted by Crippen LogP contribution is -2.41. The number of carbonyl (C=O) groups is 1. The molecule has 1 aromatic rings. The Balaban J connectivity index is 2.24. The molecule has 0 bridgehead atoms. The average Bonchev–Trinajstić information content (AvgIpc) is 2.42. The van der Waals surface area contributed by atoms with Crippen LogP contribution in [0, 0.1) is 17.6 Å². The summed E-state index contributed by atoms with van der Waals surface area (Å²) in [5.74, 6) is -2.22. The van der Waals surface area contributed by atoms with E-state index in [1.807, 2.05) is 0 Å². The van der Waals surface area contributed by atoms with Crippen molar-refractivity contribution in [3.05, 3.63) is 29.3 Å². The van der Waals surface area contributed by atoms with Gasteiger partial charge in [0.25, 0.3) is 5.91 Å². The van der Waals surface area contributed by atoms with E-state index in [4.69, 9.17) is 10.8 Å². The maximum atomic E-state index is 13.8. The van der Waals surface area contributed by atoms with Crippen LogP contribution in [0.4, 0.5) is 14.5 Å². The van der Waals surface area contributed by atoms with Crippen molar-refractivity contribution < 1.29 is 18.7 Å². The fourth-order valence-corrected chi connectivity index (χ4v) is 2.33. The van der Waals surface area contributed by atoms with Crippen molar-refractivity contribution in [3.63, 3.8) is 0 Å². The Labute approximate surface area is 109 Å². The molecule has 6 heteroatoms. The number of piperidine rings is 1. The zero-order valence-corrected chi connectivity index (χ0v) is 10.4. The maximum Gasteiger partial charge on any atom is 0.257 e. The third-order valence-electron chi connectivity index (χ3n) is 3.36. The van der Waals surface area contributed by atoms with E-state index in [1.165, 1.54) is 4.90 Å². The summed E-state index contributed by atoms with van der Waals surface area (Å²) in [6.07, 6.45) is 1.57. The molecule has 4 nitrogen and oxygen atoms in total. The number of aliphatic hydroxyl groups excluding tert-OH is 1. The van der Waals surface area contributed by atoms with Crippen LogP contribution in [0.15, 0.2) is 12.1 Å². The Kier molecular flexibility index (Phi) is 3.99. The van der Waals surface area contributed by atoms with Gasteiger partial charge in [-0.25, -0.2) is 8.78 Å². The first-order chi connectivity index (χ1) is 9.02. The molecule has 0 spiro atoms. The van der Waals surface area contributed by atoms with Gasteiger partial charge in [0, 0.05) is 19.7 Å². The van der Waals surface area contributed by atoms with Crippen molar-refractivity contribution in [1.82, 2.24) is 4.90 Å². The van der Waals surface area contributed by atoms with E-state index < -0.39 is 17.5 Å². The molecule has 1 aliphatic heterocycles. The van der Waals surface area contributed by atoms with Crippen LogP contribution < -0.4 is 5.73 Å². The molecular weight excluding hydrogens is 254 g/mol. The third-order valence-corrected chi connectivity index (χ3v) is 3.36. The predicted molar refractivity (Wildman–Crippen MR) is 66.5 cm³/mol. The number of carbonyl (C=O) groups excluding carboxylic acids is 1. The first-order valence-corrected chi connectivity index (χ1v) is 6.17. The minimum atomic E-state index is -0.891. The number of anilines is 1. The van der Waals surface area contributed by atoms with E-state index in [0.29, 0.717) is 13.1 Å². The van der Waals surface area contributed by atoms with Crippen LogP contribution in [-0.4, -0.2) is 35.6 Å². The van der Waals surface area contributed by atoms with Crippen molar-refractivity contribution in [1.29, 1.82) is 0 Å². The number of benzene rings is 1. The lowest BCUT2D eigenvalue weighted by atomic mass is 9.98. The Bertz CT molecular complexity index is 494. The molecule has 2 rings (SSSR count). The van der Waals surface area contributed by atoms with Crippen molar-refractivity contribution in [2.75, 3.05) is 25.4 Å². The fraction of sp³-hybridized carbons (Fsp3) is 0.462. The first-order valence-electron chi connectivity index (χ1n) is 6.17. The van der Waals surface area contributed by atoms with Crippen molar-refractivity contribution in [3.8, 4) is 0 Å². The highest BCUT2D eigenvalue weighted by Crippen LogP contribution is 2.22. The second-order valence-corrected chi connectivity index (χ2v) is 4.80. The van der Waals surface area contributed by atoms with E-state index in [-0.39, 0.29) is 23.8 Å². The molecule has 0 aliphatic carbocycles. The minimum absolute atomic E-state index is 0.00772. The van der Waals surface area contributed by atoms with Crippen molar-refractivity contribution in [2.45, 2.75) is 12.8 Å². The number of likely N-dealkylation sites (tertiary alicyclic amines) is 1.